The molecule has 1 heterocycles. The zero-order chi connectivity index (χ0) is 13.9. The molecule has 0 fully saturated rings. The zero-order valence-electron chi connectivity index (χ0n) is 12.1. The van der Waals surface area contributed by atoms with E-state index in [1.165, 1.54) is 10.9 Å². The van der Waals surface area contributed by atoms with Gasteiger partial charge in [-0.1, -0.05) is 19.1 Å². The first-order chi connectivity index (χ1) is 9.06. The summed E-state index contributed by atoms with van der Waals surface area (Å²) in [6, 6.07) is 10.6. The van der Waals surface area contributed by atoms with Crippen LogP contribution in [-0.2, 0) is 6.54 Å². The van der Waals surface area contributed by atoms with E-state index in [9.17, 15) is 0 Å². The Morgan fingerprint density at radius 3 is 2.74 bits per heavy atom. The van der Waals surface area contributed by atoms with E-state index >= 15 is 0 Å². The summed E-state index contributed by atoms with van der Waals surface area (Å²) in [7, 11) is 0. The normalized spacial score (nSPS) is 12.3. The Bertz CT molecular complexity index is 548. The van der Waals surface area contributed by atoms with Crippen LogP contribution in [-0.4, -0.2) is 28.5 Å². The minimum Gasteiger partial charge on any atom is -0.329 e. The van der Waals surface area contributed by atoms with Crippen molar-refractivity contribution in [3.63, 3.8) is 0 Å². The van der Waals surface area contributed by atoms with Crippen molar-refractivity contribution in [3.05, 3.63) is 42.1 Å². The second-order valence-electron chi connectivity index (χ2n) is 5.56. The van der Waals surface area contributed by atoms with Gasteiger partial charge in [0.05, 0.1) is 5.52 Å². The summed E-state index contributed by atoms with van der Waals surface area (Å²) in [5, 5.41) is 1.20. The maximum absolute atomic E-state index is 5.88. The van der Waals surface area contributed by atoms with E-state index in [1.807, 2.05) is 12.3 Å². The molecule has 0 atom stereocenters. The van der Waals surface area contributed by atoms with Crippen LogP contribution in [0.15, 0.2) is 36.5 Å². The van der Waals surface area contributed by atoms with E-state index < -0.39 is 0 Å². The molecule has 0 spiro atoms. The fourth-order valence-electron chi connectivity index (χ4n) is 2.33. The minimum absolute atomic E-state index is 0.0264. The molecule has 0 aliphatic heterocycles. The topological polar surface area (TPSA) is 42.2 Å². The standard InChI is InChI=1S/C16H23N3/c1-4-19(16(2,3)12-17)11-13-7-8-15-14(10-13)6-5-9-18-15/h5-10H,4,11-12,17H2,1-3H3. The molecule has 1 aromatic carbocycles. The molecule has 102 valence electrons. The van der Waals surface area contributed by atoms with Crippen molar-refractivity contribution in [1.29, 1.82) is 0 Å². The van der Waals surface area contributed by atoms with Crippen molar-refractivity contribution in [3.8, 4) is 0 Å². The summed E-state index contributed by atoms with van der Waals surface area (Å²) in [6.07, 6.45) is 1.83. The second kappa shape index (κ2) is 5.68. The number of pyridine rings is 1. The smallest absolute Gasteiger partial charge is 0.0702 e. The second-order valence-corrected chi connectivity index (χ2v) is 5.56. The van der Waals surface area contributed by atoms with Crippen LogP contribution < -0.4 is 5.73 Å². The first-order valence-electron chi connectivity index (χ1n) is 6.85. The summed E-state index contributed by atoms with van der Waals surface area (Å²) >= 11 is 0. The number of nitrogens with zero attached hydrogens (tertiary/aromatic N) is 2. The van der Waals surface area contributed by atoms with Gasteiger partial charge in [0.15, 0.2) is 0 Å². The quantitative estimate of drug-likeness (QED) is 0.895. The van der Waals surface area contributed by atoms with Crippen molar-refractivity contribution < 1.29 is 0 Å². The zero-order valence-corrected chi connectivity index (χ0v) is 12.1. The predicted octanol–water partition coefficient (Wildman–Crippen LogP) is 2.79. The van der Waals surface area contributed by atoms with E-state index in [1.54, 1.807) is 0 Å². The van der Waals surface area contributed by atoms with Gasteiger partial charge in [-0.3, -0.25) is 9.88 Å². The molecular weight excluding hydrogens is 234 g/mol. The Morgan fingerprint density at radius 1 is 1.26 bits per heavy atom. The molecule has 2 rings (SSSR count). The van der Waals surface area contributed by atoms with Crippen LogP contribution in [0.5, 0.6) is 0 Å². The highest BCUT2D eigenvalue weighted by molar-refractivity contribution is 5.78. The molecule has 0 saturated carbocycles. The van der Waals surface area contributed by atoms with Crippen LogP contribution in [0, 0.1) is 0 Å². The lowest BCUT2D eigenvalue weighted by Crippen LogP contribution is -2.48. The third kappa shape index (κ3) is 3.11. The Hall–Kier alpha value is -1.45. The first kappa shape index (κ1) is 14.0. The predicted molar refractivity (Wildman–Crippen MR) is 81.0 cm³/mol. The van der Waals surface area contributed by atoms with E-state index in [-0.39, 0.29) is 5.54 Å². The van der Waals surface area contributed by atoms with Crippen LogP contribution in [0.1, 0.15) is 26.3 Å². The maximum atomic E-state index is 5.88. The van der Waals surface area contributed by atoms with Gasteiger partial charge in [-0.2, -0.15) is 0 Å². The number of fused-ring (bicyclic) bond motifs is 1. The summed E-state index contributed by atoms with van der Waals surface area (Å²) in [5.74, 6) is 0. The maximum Gasteiger partial charge on any atom is 0.0702 e. The van der Waals surface area contributed by atoms with Gasteiger partial charge in [0.1, 0.15) is 0 Å². The molecule has 1 aromatic heterocycles. The third-order valence-corrected chi connectivity index (χ3v) is 3.78. The molecule has 3 heteroatoms. The van der Waals surface area contributed by atoms with Crippen molar-refractivity contribution in [2.24, 2.45) is 5.73 Å². The summed E-state index contributed by atoms with van der Waals surface area (Å²) in [6.45, 7) is 9.15. The van der Waals surface area contributed by atoms with Gasteiger partial charge in [0, 0.05) is 30.2 Å². The first-order valence-corrected chi connectivity index (χ1v) is 6.85. The lowest BCUT2D eigenvalue weighted by molar-refractivity contribution is 0.126. The molecule has 0 amide bonds. The molecule has 3 nitrogen and oxygen atoms in total. The number of likely N-dealkylation sites (N-methyl/N-ethyl adjacent to an activating group) is 1. The van der Waals surface area contributed by atoms with Crippen LogP contribution in [0.2, 0.25) is 0 Å². The highest BCUT2D eigenvalue weighted by Crippen LogP contribution is 2.19. The lowest BCUT2D eigenvalue weighted by Gasteiger charge is -2.37. The SMILES string of the molecule is CCN(Cc1ccc2ncccc2c1)C(C)(C)CN. The van der Waals surface area contributed by atoms with Gasteiger partial charge >= 0.3 is 0 Å². The molecule has 0 bridgehead atoms. The molecule has 19 heavy (non-hydrogen) atoms. The number of benzene rings is 1. The van der Waals surface area contributed by atoms with Crippen LogP contribution in [0.4, 0.5) is 0 Å². The highest BCUT2D eigenvalue weighted by atomic mass is 15.2. The van der Waals surface area contributed by atoms with Crippen LogP contribution in [0.25, 0.3) is 10.9 Å². The number of hydrogen-bond acceptors (Lipinski definition) is 3. The van der Waals surface area contributed by atoms with Gasteiger partial charge in [-0.15, -0.1) is 0 Å². The molecule has 0 aliphatic carbocycles. The van der Waals surface area contributed by atoms with Crippen LogP contribution in [0.3, 0.4) is 0 Å². The average Bonchev–Trinajstić information content (AvgIpc) is 2.44. The Morgan fingerprint density at radius 2 is 2.05 bits per heavy atom. The van der Waals surface area contributed by atoms with E-state index in [4.69, 9.17) is 5.73 Å². The Kier molecular flexibility index (Phi) is 4.17. The van der Waals surface area contributed by atoms with Crippen molar-refractivity contribution in [2.75, 3.05) is 13.1 Å². The van der Waals surface area contributed by atoms with Gasteiger partial charge in [0.2, 0.25) is 0 Å². The van der Waals surface area contributed by atoms with Gasteiger partial charge < -0.3 is 5.73 Å². The highest BCUT2D eigenvalue weighted by Gasteiger charge is 2.23. The number of aromatic nitrogens is 1. The third-order valence-electron chi connectivity index (χ3n) is 3.78. The fourth-order valence-corrected chi connectivity index (χ4v) is 2.33. The molecular formula is C16H23N3. The summed E-state index contributed by atoms with van der Waals surface area (Å²) in [4.78, 5) is 6.76. The van der Waals surface area contributed by atoms with Gasteiger partial charge in [-0.25, -0.2) is 0 Å². The van der Waals surface area contributed by atoms with Crippen molar-refractivity contribution >= 4 is 10.9 Å². The molecule has 0 saturated heterocycles. The van der Waals surface area contributed by atoms with Gasteiger partial charge in [0.25, 0.3) is 0 Å². The van der Waals surface area contributed by atoms with E-state index in [0.29, 0.717) is 6.54 Å². The molecule has 2 aromatic rings. The average molecular weight is 257 g/mol. The monoisotopic (exact) mass is 257 g/mol. The molecule has 2 N–H and O–H groups in total. The fraction of sp³-hybridized carbons (Fsp3) is 0.438. The molecule has 0 radical (unpaired) electrons. The van der Waals surface area contributed by atoms with E-state index in [0.717, 1.165) is 18.6 Å². The lowest BCUT2D eigenvalue weighted by atomic mass is 10.0. The summed E-state index contributed by atoms with van der Waals surface area (Å²) in [5.41, 5.74) is 8.26. The minimum atomic E-state index is 0.0264. The Labute approximate surface area is 115 Å². The van der Waals surface area contributed by atoms with Crippen molar-refractivity contribution in [1.82, 2.24) is 9.88 Å². The number of hydrogen-bond donors (Lipinski definition) is 1. The molecule has 0 aliphatic rings. The Balaban J connectivity index is 2.24. The van der Waals surface area contributed by atoms with E-state index in [2.05, 4.69) is 54.9 Å². The molecule has 0 unspecified atom stereocenters. The summed E-state index contributed by atoms with van der Waals surface area (Å²) < 4.78 is 0. The number of nitrogens with two attached hydrogens (primary N) is 1. The number of rotatable bonds is 5. The van der Waals surface area contributed by atoms with Gasteiger partial charge in [-0.05, 0) is 44.2 Å². The van der Waals surface area contributed by atoms with Crippen molar-refractivity contribution in [2.45, 2.75) is 32.9 Å². The largest absolute Gasteiger partial charge is 0.329 e. The van der Waals surface area contributed by atoms with Crippen LogP contribution >= 0.6 is 0 Å².